The van der Waals surface area contributed by atoms with Gasteiger partial charge in [0.2, 0.25) is 0 Å². The molecule has 2 aromatic rings. The zero-order valence-corrected chi connectivity index (χ0v) is 12.4. The van der Waals surface area contributed by atoms with E-state index in [2.05, 4.69) is 4.98 Å². The van der Waals surface area contributed by atoms with Crippen molar-refractivity contribution in [2.24, 2.45) is 0 Å². The first-order valence-electron chi connectivity index (χ1n) is 6.29. The van der Waals surface area contributed by atoms with Crippen molar-refractivity contribution in [1.82, 2.24) is 4.98 Å². The fraction of sp³-hybridized carbons (Fsp3) is 0.200. The lowest BCUT2D eigenvalue weighted by atomic mass is 10.2. The van der Waals surface area contributed by atoms with E-state index in [1.807, 2.05) is 13.8 Å². The molecule has 0 amide bonds. The molecule has 0 bridgehead atoms. The third-order valence-electron chi connectivity index (χ3n) is 2.48. The molecule has 1 aromatic heterocycles. The third-order valence-corrected chi connectivity index (χ3v) is 3.47. The maximum absolute atomic E-state index is 13.4. The molecule has 0 saturated carbocycles. The maximum Gasteiger partial charge on any atom is 0.338 e. The molecule has 0 aliphatic rings. The van der Waals surface area contributed by atoms with E-state index in [0.29, 0.717) is 15.7 Å². The lowest BCUT2D eigenvalue weighted by molar-refractivity contribution is 0.0691. The molecule has 0 unspecified atom stereocenters. The topological polar surface area (TPSA) is 59.4 Å². The van der Waals surface area contributed by atoms with Gasteiger partial charge in [-0.25, -0.2) is 14.2 Å². The third kappa shape index (κ3) is 3.95. The molecule has 0 fully saturated rings. The Labute approximate surface area is 126 Å². The molecule has 0 aliphatic carbocycles. The molecule has 0 saturated heterocycles. The molecule has 6 heteroatoms. The van der Waals surface area contributed by atoms with Crippen LogP contribution >= 0.6 is 11.8 Å². The summed E-state index contributed by atoms with van der Waals surface area (Å²) in [5.74, 6) is -1.44. The highest BCUT2D eigenvalue weighted by Gasteiger charge is 2.13. The zero-order chi connectivity index (χ0) is 15.4. The maximum atomic E-state index is 13.4. The predicted octanol–water partition coefficient (Wildman–Crippen LogP) is 3.86. The van der Waals surface area contributed by atoms with E-state index in [9.17, 15) is 9.18 Å². The predicted molar refractivity (Wildman–Crippen MR) is 77.5 cm³/mol. The Balaban J connectivity index is 2.30. The van der Waals surface area contributed by atoms with Crippen molar-refractivity contribution in [2.75, 3.05) is 0 Å². The Morgan fingerprint density at radius 1 is 1.38 bits per heavy atom. The summed E-state index contributed by atoms with van der Waals surface area (Å²) in [7, 11) is 0. The van der Waals surface area contributed by atoms with Crippen LogP contribution in [0.1, 0.15) is 24.2 Å². The molecular formula is C15H14FNO3S. The summed E-state index contributed by atoms with van der Waals surface area (Å²) in [6.45, 7) is 3.81. The highest BCUT2D eigenvalue weighted by molar-refractivity contribution is 7.99. The van der Waals surface area contributed by atoms with E-state index >= 15 is 0 Å². The molecule has 1 heterocycles. The molecule has 4 nitrogen and oxygen atoms in total. The quantitative estimate of drug-likeness (QED) is 0.909. The molecule has 1 N–H and O–H groups in total. The van der Waals surface area contributed by atoms with Crippen molar-refractivity contribution in [2.45, 2.75) is 29.9 Å². The Morgan fingerprint density at radius 3 is 2.81 bits per heavy atom. The van der Waals surface area contributed by atoms with Crippen LogP contribution in [-0.2, 0) is 0 Å². The average molecular weight is 307 g/mol. The van der Waals surface area contributed by atoms with E-state index < -0.39 is 11.8 Å². The number of pyridine rings is 1. The molecule has 0 spiro atoms. The van der Waals surface area contributed by atoms with Gasteiger partial charge in [-0.1, -0.05) is 11.8 Å². The van der Waals surface area contributed by atoms with Crippen LogP contribution in [0.4, 0.5) is 4.39 Å². The van der Waals surface area contributed by atoms with Crippen molar-refractivity contribution < 1.29 is 19.0 Å². The molecule has 0 atom stereocenters. The number of aromatic nitrogens is 1. The number of carbonyl (C=O) groups is 1. The van der Waals surface area contributed by atoms with Gasteiger partial charge < -0.3 is 9.84 Å². The molecule has 0 radical (unpaired) electrons. The standard InChI is InChI=1S/C15H14FNO3S/c1-9(2)20-13-4-3-7-17-14(13)21-10-5-6-12(16)11(8-10)15(18)19/h3-9H,1-2H3,(H,18,19). The molecular weight excluding hydrogens is 293 g/mol. The number of nitrogens with zero attached hydrogens (tertiary/aromatic N) is 1. The Kier molecular flexibility index (Phi) is 4.80. The van der Waals surface area contributed by atoms with Crippen LogP contribution in [0.15, 0.2) is 46.5 Å². The monoisotopic (exact) mass is 307 g/mol. The van der Waals surface area contributed by atoms with Crippen LogP contribution in [0.3, 0.4) is 0 Å². The van der Waals surface area contributed by atoms with Gasteiger partial charge >= 0.3 is 5.97 Å². The van der Waals surface area contributed by atoms with Crippen LogP contribution in [0.5, 0.6) is 5.75 Å². The van der Waals surface area contributed by atoms with Crippen LogP contribution in [0.2, 0.25) is 0 Å². The van der Waals surface area contributed by atoms with Crippen LogP contribution in [0, 0.1) is 5.82 Å². The van der Waals surface area contributed by atoms with E-state index in [0.717, 1.165) is 6.07 Å². The van der Waals surface area contributed by atoms with Crippen molar-refractivity contribution >= 4 is 17.7 Å². The Morgan fingerprint density at radius 2 is 2.14 bits per heavy atom. The summed E-state index contributed by atoms with van der Waals surface area (Å²) in [4.78, 5) is 15.8. The summed E-state index contributed by atoms with van der Waals surface area (Å²) < 4.78 is 19.0. The van der Waals surface area contributed by atoms with Crippen LogP contribution in [0.25, 0.3) is 0 Å². The van der Waals surface area contributed by atoms with E-state index in [1.165, 1.54) is 23.9 Å². The molecule has 21 heavy (non-hydrogen) atoms. The fourth-order valence-corrected chi connectivity index (χ4v) is 2.51. The number of aromatic carboxylic acids is 1. The average Bonchev–Trinajstić information content (AvgIpc) is 2.42. The summed E-state index contributed by atoms with van der Waals surface area (Å²) in [6.07, 6.45) is 1.62. The van der Waals surface area contributed by atoms with E-state index in [1.54, 1.807) is 18.3 Å². The Hall–Kier alpha value is -2.08. The number of hydrogen-bond acceptors (Lipinski definition) is 4. The first-order chi connectivity index (χ1) is 9.97. The van der Waals surface area contributed by atoms with Crippen molar-refractivity contribution in [3.8, 4) is 5.75 Å². The minimum Gasteiger partial charge on any atom is -0.488 e. The van der Waals surface area contributed by atoms with Crippen molar-refractivity contribution in [1.29, 1.82) is 0 Å². The summed E-state index contributed by atoms with van der Waals surface area (Å²) in [5.41, 5.74) is -0.359. The Bertz CT molecular complexity index is 661. The lowest BCUT2D eigenvalue weighted by Crippen LogP contribution is -2.06. The van der Waals surface area contributed by atoms with Gasteiger partial charge in [0, 0.05) is 11.1 Å². The van der Waals surface area contributed by atoms with Gasteiger partial charge in [-0.15, -0.1) is 0 Å². The summed E-state index contributed by atoms with van der Waals surface area (Å²) >= 11 is 1.23. The molecule has 110 valence electrons. The van der Waals surface area contributed by atoms with Crippen LogP contribution in [-0.4, -0.2) is 22.2 Å². The van der Waals surface area contributed by atoms with Gasteiger partial charge in [0.1, 0.15) is 10.8 Å². The molecule has 0 aliphatic heterocycles. The van der Waals surface area contributed by atoms with Gasteiger partial charge in [0.25, 0.3) is 0 Å². The van der Waals surface area contributed by atoms with Crippen molar-refractivity contribution in [3.63, 3.8) is 0 Å². The number of carboxylic acid groups (broad SMARTS) is 1. The van der Waals surface area contributed by atoms with Gasteiger partial charge in [0.05, 0.1) is 11.7 Å². The highest BCUT2D eigenvalue weighted by Crippen LogP contribution is 2.34. The second-order valence-corrected chi connectivity index (χ2v) is 5.58. The van der Waals surface area contributed by atoms with Gasteiger partial charge in [-0.05, 0) is 44.2 Å². The SMILES string of the molecule is CC(C)Oc1cccnc1Sc1ccc(F)c(C(=O)O)c1. The molecule has 2 rings (SSSR count). The first-order valence-corrected chi connectivity index (χ1v) is 7.11. The van der Waals surface area contributed by atoms with Gasteiger partial charge in [0.15, 0.2) is 5.75 Å². The van der Waals surface area contributed by atoms with Crippen LogP contribution < -0.4 is 4.74 Å². The van der Waals surface area contributed by atoms with E-state index in [4.69, 9.17) is 9.84 Å². The number of benzene rings is 1. The smallest absolute Gasteiger partial charge is 0.338 e. The normalized spacial score (nSPS) is 10.7. The van der Waals surface area contributed by atoms with Crippen molar-refractivity contribution in [3.05, 3.63) is 47.9 Å². The number of rotatable bonds is 5. The van der Waals surface area contributed by atoms with Gasteiger partial charge in [-0.2, -0.15) is 0 Å². The summed E-state index contributed by atoms with van der Waals surface area (Å²) in [5, 5.41) is 9.55. The second-order valence-electron chi connectivity index (χ2n) is 4.52. The largest absolute Gasteiger partial charge is 0.488 e. The highest BCUT2D eigenvalue weighted by atomic mass is 32.2. The number of halogens is 1. The minimum atomic E-state index is -1.30. The second kappa shape index (κ2) is 6.58. The number of carboxylic acids is 1. The first kappa shape index (κ1) is 15.3. The van der Waals surface area contributed by atoms with E-state index in [-0.39, 0.29) is 11.7 Å². The number of ether oxygens (including phenoxy) is 1. The molecule has 1 aromatic carbocycles. The number of hydrogen-bond donors (Lipinski definition) is 1. The lowest BCUT2D eigenvalue weighted by Gasteiger charge is -2.13. The zero-order valence-electron chi connectivity index (χ0n) is 11.5. The van der Waals surface area contributed by atoms with Gasteiger partial charge in [-0.3, -0.25) is 0 Å². The summed E-state index contributed by atoms with van der Waals surface area (Å²) in [6, 6.07) is 7.49. The fourth-order valence-electron chi connectivity index (χ4n) is 1.64. The minimum absolute atomic E-state index is 0.00338.